The number of amides is 3. The van der Waals surface area contributed by atoms with Gasteiger partial charge in [-0.05, 0) is 54.3 Å². The molecule has 7 heteroatoms. The summed E-state index contributed by atoms with van der Waals surface area (Å²) in [6.07, 6.45) is 3.58. The molecule has 0 N–H and O–H groups in total. The van der Waals surface area contributed by atoms with Crippen LogP contribution in [0.15, 0.2) is 29.2 Å². The van der Waals surface area contributed by atoms with Gasteiger partial charge in [0.1, 0.15) is 12.3 Å². The molecular formula is C19H22N2O4S. The molecule has 2 aliphatic heterocycles. The molecule has 2 fully saturated rings. The largest absolute Gasteiger partial charge is 0.497 e. The van der Waals surface area contributed by atoms with E-state index in [0.29, 0.717) is 29.7 Å². The van der Waals surface area contributed by atoms with E-state index < -0.39 is 11.1 Å². The average molecular weight is 374 g/mol. The van der Waals surface area contributed by atoms with Crippen molar-refractivity contribution in [3.63, 3.8) is 0 Å². The number of thioether (sulfide) groups is 1. The summed E-state index contributed by atoms with van der Waals surface area (Å²) < 4.78 is 5.17. The normalized spacial score (nSPS) is 20.2. The van der Waals surface area contributed by atoms with Crippen LogP contribution in [0.2, 0.25) is 0 Å². The van der Waals surface area contributed by atoms with Crippen LogP contribution in [0, 0.1) is 5.92 Å². The van der Waals surface area contributed by atoms with Gasteiger partial charge < -0.3 is 9.64 Å². The SMILES string of the molecule is COc1cccc(/C=C2/SC(=O)N(CC(=O)N3CCC(C)CC3)C2=O)c1. The fourth-order valence-corrected chi connectivity index (χ4v) is 3.85. The smallest absolute Gasteiger partial charge is 0.294 e. The molecule has 0 aliphatic carbocycles. The predicted octanol–water partition coefficient (Wildman–Crippen LogP) is 2.99. The summed E-state index contributed by atoms with van der Waals surface area (Å²) in [5.41, 5.74) is 0.770. The zero-order valence-corrected chi connectivity index (χ0v) is 15.8. The number of nitrogens with zero attached hydrogens (tertiary/aromatic N) is 2. The topological polar surface area (TPSA) is 66.9 Å². The third kappa shape index (κ3) is 4.09. The summed E-state index contributed by atoms with van der Waals surface area (Å²) >= 11 is 0.866. The lowest BCUT2D eigenvalue weighted by Crippen LogP contribution is -2.45. The number of piperidine rings is 1. The van der Waals surface area contributed by atoms with Crippen LogP contribution in [0.25, 0.3) is 6.08 Å². The van der Waals surface area contributed by atoms with Crippen molar-refractivity contribution in [3.05, 3.63) is 34.7 Å². The van der Waals surface area contributed by atoms with Crippen LogP contribution >= 0.6 is 11.8 Å². The van der Waals surface area contributed by atoms with E-state index in [0.717, 1.165) is 35.1 Å². The Morgan fingerprint density at radius 3 is 2.73 bits per heavy atom. The molecule has 0 atom stereocenters. The van der Waals surface area contributed by atoms with Gasteiger partial charge in [-0.1, -0.05) is 19.1 Å². The van der Waals surface area contributed by atoms with E-state index >= 15 is 0 Å². The minimum atomic E-state index is -0.415. The predicted molar refractivity (Wildman–Crippen MR) is 101 cm³/mol. The summed E-state index contributed by atoms with van der Waals surface area (Å²) in [6.45, 7) is 3.36. The molecule has 3 amide bonds. The maximum atomic E-state index is 12.6. The highest BCUT2D eigenvalue weighted by molar-refractivity contribution is 8.18. The summed E-state index contributed by atoms with van der Waals surface area (Å²) in [4.78, 5) is 40.3. The van der Waals surface area contributed by atoms with E-state index in [1.54, 1.807) is 30.2 Å². The number of benzene rings is 1. The van der Waals surface area contributed by atoms with E-state index in [-0.39, 0.29) is 12.5 Å². The molecule has 0 aromatic heterocycles. The maximum absolute atomic E-state index is 12.6. The molecule has 2 heterocycles. The Labute approximate surface area is 157 Å². The first-order valence-electron chi connectivity index (χ1n) is 8.65. The molecule has 0 unspecified atom stereocenters. The van der Waals surface area contributed by atoms with Crippen LogP contribution in [-0.4, -0.2) is 53.6 Å². The first-order chi connectivity index (χ1) is 12.5. The number of carbonyl (C=O) groups is 3. The fraction of sp³-hybridized carbons (Fsp3) is 0.421. The van der Waals surface area contributed by atoms with E-state index in [4.69, 9.17) is 4.74 Å². The summed E-state index contributed by atoms with van der Waals surface area (Å²) in [6, 6.07) is 7.24. The van der Waals surface area contributed by atoms with Gasteiger partial charge in [0.25, 0.3) is 11.1 Å². The summed E-state index contributed by atoms with van der Waals surface area (Å²) in [7, 11) is 1.57. The summed E-state index contributed by atoms with van der Waals surface area (Å²) in [5.74, 6) is 0.706. The van der Waals surface area contributed by atoms with Gasteiger partial charge in [0.15, 0.2) is 0 Å². The van der Waals surface area contributed by atoms with E-state index in [2.05, 4.69) is 6.92 Å². The highest BCUT2D eigenvalue weighted by atomic mass is 32.2. The van der Waals surface area contributed by atoms with Crippen molar-refractivity contribution < 1.29 is 19.1 Å². The van der Waals surface area contributed by atoms with Crippen LogP contribution in [0.3, 0.4) is 0 Å². The minimum absolute atomic E-state index is 0.165. The molecule has 0 radical (unpaired) electrons. The molecule has 26 heavy (non-hydrogen) atoms. The monoisotopic (exact) mass is 374 g/mol. The van der Waals surface area contributed by atoms with Crippen LogP contribution in [0.4, 0.5) is 4.79 Å². The zero-order chi connectivity index (χ0) is 18.7. The highest BCUT2D eigenvalue weighted by Crippen LogP contribution is 2.32. The maximum Gasteiger partial charge on any atom is 0.294 e. The molecule has 1 aromatic carbocycles. The number of hydrogen-bond acceptors (Lipinski definition) is 5. The number of likely N-dealkylation sites (tertiary alicyclic amines) is 1. The average Bonchev–Trinajstić information content (AvgIpc) is 2.90. The number of methoxy groups -OCH3 is 1. The zero-order valence-electron chi connectivity index (χ0n) is 14.9. The molecule has 138 valence electrons. The molecule has 1 aromatic rings. The van der Waals surface area contributed by atoms with Crippen LogP contribution in [-0.2, 0) is 9.59 Å². The number of rotatable bonds is 4. The van der Waals surface area contributed by atoms with Crippen molar-refractivity contribution in [3.8, 4) is 5.75 Å². The Balaban J connectivity index is 1.68. The first kappa shape index (κ1) is 18.5. The Hall–Kier alpha value is -2.28. The lowest BCUT2D eigenvalue weighted by Gasteiger charge is -2.31. The van der Waals surface area contributed by atoms with Crippen molar-refractivity contribution in [2.75, 3.05) is 26.7 Å². The van der Waals surface area contributed by atoms with Gasteiger partial charge >= 0.3 is 0 Å². The number of imide groups is 1. The number of carbonyl (C=O) groups excluding carboxylic acids is 3. The van der Waals surface area contributed by atoms with E-state index in [1.807, 2.05) is 12.1 Å². The summed E-state index contributed by atoms with van der Waals surface area (Å²) in [5, 5.41) is -0.400. The molecule has 2 aliphatic rings. The van der Waals surface area contributed by atoms with Crippen molar-refractivity contribution >= 4 is 34.9 Å². The molecule has 2 saturated heterocycles. The van der Waals surface area contributed by atoms with Gasteiger partial charge in [-0.3, -0.25) is 19.3 Å². The minimum Gasteiger partial charge on any atom is -0.497 e. The first-order valence-corrected chi connectivity index (χ1v) is 9.47. The highest BCUT2D eigenvalue weighted by Gasteiger charge is 2.37. The second kappa shape index (κ2) is 7.95. The van der Waals surface area contributed by atoms with Gasteiger partial charge in [-0.25, -0.2) is 0 Å². The Morgan fingerprint density at radius 1 is 1.31 bits per heavy atom. The van der Waals surface area contributed by atoms with Crippen LogP contribution < -0.4 is 4.74 Å². The van der Waals surface area contributed by atoms with Gasteiger partial charge in [-0.2, -0.15) is 0 Å². The van der Waals surface area contributed by atoms with E-state index in [9.17, 15) is 14.4 Å². The molecular weight excluding hydrogens is 352 g/mol. The van der Waals surface area contributed by atoms with Gasteiger partial charge in [-0.15, -0.1) is 0 Å². The lowest BCUT2D eigenvalue weighted by atomic mass is 9.99. The molecule has 3 rings (SSSR count). The van der Waals surface area contributed by atoms with Gasteiger partial charge in [0, 0.05) is 13.1 Å². The Bertz CT molecular complexity index is 754. The standard InChI is InChI=1S/C19H22N2O4S/c1-13-6-8-20(9-7-13)17(22)12-21-18(23)16(26-19(21)24)11-14-4-3-5-15(10-14)25-2/h3-5,10-11,13H,6-9,12H2,1-2H3/b16-11+. The van der Waals surface area contributed by atoms with Gasteiger partial charge in [0.05, 0.1) is 12.0 Å². The number of ether oxygens (including phenoxy) is 1. The van der Waals surface area contributed by atoms with Gasteiger partial charge in [0.2, 0.25) is 5.91 Å². The molecule has 6 nitrogen and oxygen atoms in total. The Morgan fingerprint density at radius 2 is 2.04 bits per heavy atom. The van der Waals surface area contributed by atoms with Crippen molar-refractivity contribution in [1.82, 2.24) is 9.80 Å². The number of hydrogen-bond donors (Lipinski definition) is 0. The second-order valence-corrected chi connectivity index (χ2v) is 7.60. The van der Waals surface area contributed by atoms with Crippen LogP contribution in [0.1, 0.15) is 25.3 Å². The van der Waals surface area contributed by atoms with Crippen molar-refractivity contribution in [2.45, 2.75) is 19.8 Å². The van der Waals surface area contributed by atoms with Crippen molar-refractivity contribution in [2.24, 2.45) is 5.92 Å². The molecule has 0 bridgehead atoms. The van der Waals surface area contributed by atoms with Crippen molar-refractivity contribution in [1.29, 1.82) is 0 Å². The lowest BCUT2D eigenvalue weighted by molar-refractivity contribution is -0.136. The Kier molecular flexibility index (Phi) is 5.66. The third-order valence-electron chi connectivity index (χ3n) is 4.69. The van der Waals surface area contributed by atoms with E-state index in [1.165, 1.54) is 0 Å². The molecule has 0 saturated carbocycles. The molecule has 0 spiro atoms. The second-order valence-electron chi connectivity index (χ2n) is 6.61. The third-order valence-corrected chi connectivity index (χ3v) is 5.60. The fourth-order valence-electron chi connectivity index (χ4n) is 3.01. The quantitative estimate of drug-likeness (QED) is 0.758. The van der Waals surface area contributed by atoms with Crippen LogP contribution in [0.5, 0.6) is 5.75 Å².